The maximum absolute atomic E-state index is 12.5. The summed E-state index contributed by atoms with van der Waals surface area (Å²) in [5.41, 5.74) is 0.833. The van der Waals surface area contributed by atoms with Crippen LogP contribution in [-0.4, -0.2) is 29.6 Å². The second-order valence-corrected chi connectivity index (χ2v) is 6.54. The Kier molecular flexibility index (Phi) is 7.75. The minimum absolute atomic E-state index is 0.0405. The third-order valence-corrected chi connectivity index (χ3v) is 3.56. The zero-order valence-electron chi connectivity index (χ0n) is 14.4. The van der Waals surface area contributed by atoms with Crippen molar-refractivity contribution in [2.75, 3.05) is 6.61 Å². The van der Waals surface area contributed by atoms with E-state index in [0.29, 0.717) is 6.42 Å². The van der Waals surface area contributed by atoms with E-state index in [9.17, 15) is 14.7 Å². The standard InChI is InChI=1S/C18H28N2O3/c1-12(2)10-16(22)20-17(13(3)4)18(23)19-15(11-21)14-8-6-5-7-9-14/h5-9,12-13,15,17,21H,10-11H2,1-4H3,(H,19,23)(H,20,22)/t15-,17?/m1/s1. The summed E-state index contributed by atoms with van der Waals surface area (Å²) < 4.78 is 0. The molecule has 0 radical (unpaired) electrons. The van der Waals surface area contributed by atoms with E-state index in [1.165, 1.54) is 0 Å². The summed E-state index contributed by atoms with van der Waals surface area (Å²) >= 11 is 0. The van der Waals surface area contributed by atoms with Crippen LogP contribution in [-0.2, 0) is 9.59 Å². The lowest BCUT2D eigenvalue weighted by Gasteiger charge is -2.25. The number of nitrogens with one attached hydrogen (secondary N) is 2. The van der Waals surface area contributed by atoms with E-state index >= 15 is 0 Å². The molecule has 0 fully saturated rings. The minimum atomic E-state index is -0.612. The van der Waals surface area contributed by atoms with Crippen LogP contribution in [0.15, 0.2) is 30.3 Å². The van der Waals surface area contributed by atoms with Crippen molar-refractivity contribution < 1.29 is 14.7 Å². The van der Waals surface area contributed by atoms with Crippen molar-refractivity contribution in [2.24, 2.45) is 11.8 Å². The molecule has 5 heteroatoms. The van der Waals surface area contributed by atoms with Crippen LogP contribution in [0.3, 0.4) is 0 Å². The van der Waals surface area contributed by atoms with Gasteiger partial charge in [0.1, 0.15) is 6.04 Å². The highest BCUT2D eigenvalue weighted by molar-refractivity contribution is 5.88. The average Bonchev–Trinajstić information content (AvgIpc) is 2.49. The SMILES string of the molecule is CC(C)CC(=O)NC(C(=O)N[C@H](CO)c1ccccc1)C(C)C. The zero-order valence-corrected chi connectivity index (χ0v) is 14.4. The first-order chi connectivity index (χ1) is 10.8. The fourth-order valence-electron chi connectivity index (χ4n) is 2.32. The quantitative estimate of drug-likeness (QED) is 0.686. The minimum Gasteiger partial charge on any atom is -0.394 e. The molecular formula is C18H28N2O3. The average molecular weight is 320 g/mol. The first kappa shape index (κ1) is 19.2. The van der Waals surface area contributed by atoms with Crippen molar-refractivity contribution in [1.29, 1.82) is 0 Å². The summed E-state index contributed by atoms with van der Waals surface area (Å²) in [4.78, 5) is 24.5. The predicted molar refractivity (Wildman–Crippen MR) is 90.6 cm³/mol. The Hall–Kier alpha value is -1.88. The van der Waals surface area contributed by atoms with Gasteiger partial charge in [-0.3, -0.25) is 9.59 Å². The van der Waals surface area contributed by atoms with Gasteiger partial charge in [0.05, 0.1) is 12.6 Å². The van der Waals surface area contributed by atoms with Crippen LogP contribution in [0.1, 0.15) is 45.7 Å². The van der Waals surface area contributed by atoms with Crippen molar-refractivity contribution in [1.82, 2.24) is 10.6 Å². The van der Waals surface area contributed by atoms with Crippen molar-refractivity contribution >= 4 is 11.8 Å². The highest BCUT2D eigenvalue weighted by atomic mass is 16.3. The molecule has 1 rings (SSSR count). The fraction of sp³-hybridized carbons (Fsp3) is 0.556. The summed E-state index contributed by atoms with van der Waals surface area (Å²) in [5.74, 6) is -0.212. The molecule has 2 atom stereocenters. The number of aliphatic hydroxyl groups excluding tert-OH is 1. The van der Waals surface area contributed by atoms with Gasteiger partial charge in [0.15, 0.2) is 0 Å². The van der Waals surface area contributed by atoms with Gasteiger partial charge in [-0.15, -0.1) is 0 Å². The summed E-state index contributed by atoms with van der Waals surface area (Å²) in [7, 11) is 0. The van der Waals surface area contributed by atoms with Gasteiger partial charge in [-0.2, -0.15) is 0 Å². The molecule has 1 unspecified atom stereocenters. The van der Waals surface area contributed by atoms with Gasteiger partial charge in [-0.1, -0.05) is 58.0 Å². The maximum atomic E-state index is 12.5. The fourth-order valence-corrected chi connectivity index (χ4v) is 2.32. The molecule has 23 heavy (non-hydrogen) atoms. The number of benzene rings is 1. The molecule has 0 spiro atoms. The normalized spacial score (nSPS) is 13.7. The van der Waals surface area contributed by atoms with Gasteiger partial charge >= 0.3 is 0 Å². The molecule has 3 N–H and O–H groups in total. The molecule has 1 aromatic carbocycles. The van der Waals surface area contributed by atoms with E-state index in [4.69, 9.17) is 0 Å². The lowest BCUT2D eigenvalue weighted by Crippen LogP contribution is -2.51. The number of carbonyl (C=O) groups excluding carboxylic acids is 2. The van der Waals surface area contributed by atoms with Crippen LogP contribution in [0.25, 0.3) is 0 Å². The Morgan fingerprint density at radius 2 is 1.65 bits per heavy atom. The molecule has 0 saturated heterocycles. The summed E-state index contributed by atoms with van der Waals surface area (Å²) in [6.45, 7) is 7.50. The molecule has 0 aliphatic heterocycles. The van der Waals surface area contributed by atoms with E-state index in [1.807, 2.05) is 58.0 Å². The van der Waals surface area contributed by atoms with Crippen molar-refractivity contribution in [2.45, 2.75) is 46.2 Å². The van der Waals surface area contributed by atoms with Gasteiger partial charge in [0, 0.05) is 6.42 Å². The largest absolute Gasteiger partial charge is 0.394 e. The zero-order chi connectivity index (χ0) is 17.4. The Morgan fingerprint density at radius 3 is 2.13 bits per heavy atom. The second-order valence-electron chi connectivity index (χ2n) is 6.54. The number of hydrogen-bond donors (Lipinski definition) is 3. The molecule has 0 aliphatic rings. The first-order valence-electron chi connectivity index (χ1n) is 8.10. The van der Waals surface area contributed by atoms with Crippen LogP contribution in [0.2, 0.25) is 0 Å². The molecule has 1 aromatic rings. The van der Waals surface area contributed by atoms with Crippen molar-refractivity contribution in [3.8, 4) is 0 Å². The number of rotatable bonds is 8. The second kappa shape index (κ2) is 9.30. The van der Waals surface area contributed by atoms with Gasteiger partial charge in [0.25, 0.3) is 0 Å². The van der Waals surface area contributed by atoms with Gasteiger partial charge < -0.3 is 15.7 Å². The van der Waals surface area contributed by atoms with Gasteiger partial charge in [-0.25, -0.2) is 0 Å². The third kappa shape index (κ3) is 6.40. The monoisotopic (exact) mass is 320 g/mol. The lowest BCUT2D eigenvalue weighted by molar-refractivity contribution is -0.131. The summed E-state index contributed by atoms with van der Waals surface area (Å²) in [6.07, 6.45) is 0.388. The number of aliphatic hydroxyl groups is 1. The molecule has 0 aliphatic carbocycles. The molecule has 0 heterocycles. The molecule has 2 amide bonds. The predicted octanol–water partition coefficient (Wildman–Crippen LogP) is 2.02. The first-order valence-corrected chi connectivity index (χ1v) is 8.10. The number of carbonyl (C=O) groups is 2. The van der Waals surface area contributed by atoms with Crippen molar-refractivity contribution in [3.63, 3.8) is 0 Å². The van der Waals surface area contributed by atoms with Crippen LogP contribution in [0, 0.1) is 11.8 Å². The van der Waals surface area contributed by atoms with E-state index in [0.717, 1.165) is 5.56 Å². The van der Waals surface area contributed by atoms with E-state index in [2.05, 4.69) is 10.6 Å². The molecule has 0 saturated carbocycles. The highest BCUT2D eigenvalue weighted by Gasteiger charge is 2.26. The summed E-state index contributed by atoms with van der Waals surface area (Å²) in [5, 5.41) is 15.2. The van der Waals surface area contributed by atoms with Crippen LogP contribution < -0.4 is 10.6 Å². The Balaban J connectivity index is 2.75. The van der Waals surface area contributed by atoms with Crippen LogP contribution in [0.4, 0.5) is 0 Å². The van der Waals surface area contributed by atoms with Crippen LogP contribution in [0.5, 0.6) is 0 Å². The Labute approximate surface area is 138 Å². The number of hydrogen-bond acceptors (Lipinski definition) is 3. The third-order valence-electron chi connectivity index (χ3n) is 3.56. The van der Waals surface area contributed by atoms with E-state index < -0.39 is 12.1 Å². The van der Waals surface area contributed by atoms with E-state index in [1.54, 1.807) is 0 Å². The smallest absolute Gasteiger partial charge is 0.243 e. The Morgan fingerprint density at radius 1 is 1.04 bits per heavy atom. The van der Waals surface area contributed by atoms with Gasteiger partial charge in [-0.05, 0) is 17.4 Å². The maximum Gasteiger partial charge on any atom is 0.243 e. The number of amides is 2. The molecule has 0 aromatic heterocycles. The van der Waals surface area contributed by atoms with Crippen LogP contribution >= 0.6 is 0 Å². The molecule has 0 bridgehead atoms. The highest BCUT2D eigenvalue weighted by Crippen LogP contribution is 2.13. The molecule has 128 valence electrons. The molecule has 5 nitrogen and oxygen atoms in total. The Bertz CT molecular complexity index is 500. The van der Waals surface area contributed by atoms with Gasteiger partial charge in [0.2, 0.25) is 11.8 Å². The van der Waals surface area contributed by atoms with Crippen molar-refractivity contribution in [3.05, 3.63) is 35.9 Å². The summed E-state index contributed by atoms with van der Waals surface area (Å²) in [6, 6.07) is 8.20. The lowest BCUT2D eigenvalue weighted by atomic mass is 10.0. The van der Waals surface area contributed by atoms with E-state index in [-0.39, 0.29) is 30.3 Å². The molecular weight excluding hydrogens is 292 g/mol. The topological polar surface area (TPSA) is 78.4 Å².